The van der Waals surface area contributed by atoms with Crippen molar-refractivity contribution in [3.05, 3.63) is 29.6 Å². The van der Waals surface area contributed by atoms with Crippen molar-refractivity contribution < 1.29 is 13.9 Å². The first-order valence-electron chi connectivity index (χ1n) is 7.71. The summed E-state index contributed by atoms with van der Waals surface area (Å²) in [5.74, 6) is 0.385. The van der Waals surface area contributed by atoms with Gasteiger partial charge in [-0.3, -0.25) is 9.69 Å². The van der Waals surface area contributed by atoms with E-state index in [2.05, 4.69) is 10.2 Å². The molecule has 3 rings (SSSR count). The number of nitrogens with one attached hydrogen (secondary N) is 1. The third-order valence-corrected chi connectivity index (χ3v) is 4.44. The number of carbonyl (C=O) groups excluding carboxylic acids is 1. The van der Waals surface area contributed by atoms with E-state index in [1.54, 1.807) is 6.07 Å². The maximum Gasteiger partial charge on any atom is 0.228 e. The van der Waals surface area contributed by atoms with Gasteiger partial charge in [0.2, 0.25) is 5.91 Å². The Kier molecular flexibility index (Phi) is 6.21. The normalized spacial score (nSPS) is 19.0. The van der Waals surface area contributed by atoms with E-state index in [1.165, 1.54) is 13.2 Å². The number of piperazine rings is 1. The van der Waals surface area contributed by atoms with Crippen LogP contribution < -0.4 is 10.1 Å². The summed E-state index contributed by atoms with van der Waals surface area (Å²) in [6.45, 7) is 5.50. The van der Waals surface area contributed by atoms with Crippen LogP contribution >= 0.6 is 12.4 Å². The standard InChI is InChI=1S/C16H22FN3O2.ClH/c1-22-15-3-2-12(8-14(15)17)11-19-4-6-20(7-5-19)16(21)13-9-18-10-13;/h2-3,8,13,18H,4-7,9-11H2,1H3;1H. The fourth-order valence-corrected chi connectivity index (χ4v) is 2.91. The van der Waals surface area contributed by atoms with Gasteiger partial charge in [-0.2, -0.15) is 0 Å². The first-order valence-corrected chi connectivity index (χ1v) is 7.71. The molecule has 23 heavy (non-hydrogen) atoms. The lowest BCUT2D eigenvalue weighted by molar-refractivity contribution is -0.138. The molecule has 1 aromatic carbocycles. The molecule has 2 aliphatic heterocycles. The number of rotatable bonds is 4. The Labute approximate surface area is 142 Å². The van der Waals surface area contributed by atoms with Gasteiger partial charge in [0.15, 0.2) is 11.6 Å². The van der Waals surface area contributed by atoms with Crippen LogP contribution in [-0.2, 0) is 11.3 Å². The summed E-state index contributed by atoms with van der Waals surface area (Å²) in [6.07, 6.45) is 0. The average molecular weight is 344 g/mol. The summed E-state index contributed by atoms with van der Waals surface area (Å²) in [5.41, 5.74) is 0.932. The number of benzene rings is 1. The summed E-state index contributed by atoms with van der Waals surface area (Å²) >= 11 is 0. The van der Waals surface area contributed by atoms with E-state index in [9.17, 15) is 9.18 Å². The molecule has 0 spiro atoms. The highest BCUT2D eigenvalue weighted by atomic mass is 35.5. The first-order chi connectivity index (χ1) is 10.7. The number of hydrogen-bond donors (Lipinski definition) is 1. The Bertz CT molecular complexity index is 546. The van der Waals surface area contributed by atoms with Gasteiger partial charge in [-0.05, 0) is 17.7 Å². The molecule has 1 amide bonds. The molecule has 2 aliphatic rings. The molecule has 0 unspecified atom stereocenters. The number of ether oxygens (including phenoxy) is 1. The minimum Gasteiger partial charge on any atom is -0.494 e. The van der Waals surface area contributed by atoms with Crippen LogP contribution in [0.5, 0.6) is 5.75 Å². The van der Waals surface area contributed by atoms with Crippen LogP contribution in [-0.4, -0.2) is 62.1 Å². The Hall–Kier alpha value is -1.37. The summed E-state index contributed by atoms with van der Waals surface area (Å²) < 4.78 is 18.6. The zero-order valence-corrected chi connectivity index (χ0v) is 14.1. The SMILES string of the molecule is COc1ccc(CN2CCN(C(=O)C3CNC3)CC2)cc1F.Cl. The van der Waals surface area contributed by atoms with E-state index in [0.29, 0.717) is 6.54 Å². The van der Waals surface area contributed by atoms with Gasteiger partial charge in [-0.15, -0.1) is 12.4 Å². The minimum atomic E-state index is -0.328. The predicted molar refractivity (Wildman–Crippen MR) is 88.4 cm³/mol. The molecule has 2 heterocycles. The van der Waals surface area contributed by atoms with E-state index in [0.717, 1.165) is 44.8 Å². The Morgan fingerprint density at radius 3 is 2.52 bits per heavy atom. The summed E-state index contributed by atoms with van der Waals surface area (Å²) in [7, 11) is 1.46. The average Bonchev–Trinajstić information content (AvgIpc) is 2.46. The quantitative estimate of drug-likeness (QED) is 0.890. The highest BCUT2D eigenvalue weighted by Crippen LogP contribution is 2.19. The van der Waals surface area contributed by atoms with Crippen molar-refractivity contribution in [2.24, 2.45) is 5.92 Å². The Morgan fingerprint density at radius 2 is 2.00 bits per heavy atom. The summed E-state index contributed by atoms with van der Waals surface area (Å²) in [6, 6.07) is 5.07. The molecule has 7 heteroatoms. The van der Waals surface area contributed by atoms with Crippen molar-refractivity contribution in [2.45, 2.75) is 6.54 Å². The summed E-state index contributed by atoms with van der Waals surface area (Å²) in [5, 5.41) is 3.13. The van der Waals surface area contributed by atoms with E-state index in [4.69, 9.17) is 4.74 Å². The third-order valence-electron chi connectivity index (χ3n) is 4.44. The van der Waals surface area contributed by atoms with E-state index < -0.39 is 0 Å². The highest BCUT2D eigenvalue weighted by molar-refractivity contribution is 5.85. The second kappa shape index (κ2) is 7.95. The fourth-order valence-electron chi connectivity index (χ4n) is 2.91. The molecule has 0 aromatic heterocycles. The minimum absolute atomic E-state index is 0. The van der Waals surface area contributed by atoms with Gasteiger partial charge in [0.1, 0.15) is 0 Å². The van der Waals surface area contributed by atoms with Crippen LogP contribution in [0.4, 0.5) is 4.39 Å². The molecule has 0 atom stereocenters. The lowest BCUT2D eigenvalue weighted by Crippen LogP contribution is -2.56. The van der Waals surface area contributed by atoms with Gasteiger partial charge in [-0.25, -0.2) is 4.39 Å². The van der Waals surface area contributed by atoms with Crippen molar-refractivity contribution >= 4 is 18.3 Å². The van der Waals surface area contributed by atoms with Crippen LogP contribution in [0.25, 0.3) is 0 Å². The monoisotopic (exact) mass is 343 g/mol. The first kappa shape index (κ1) is 18.0. The molecule has 0 saturated carbocycles. The molecular formula is C16H23ClFN3O2. The van der Waals surface area contributed by atoms with E-state index >= 15 is 0 Å². The van der Waals surface area contributed by atoms with E-state index in [1.807, 2.05) is 11.0 Å². The van der Waals surface area contributed by atoms with Crippen LogP contribution in [0.15, 0.2) is 18.2 Å². The van der Waals surface area contributed by atoms with E-state index in [-0.39, 0.29) is 35.8 Å². The van der Waals surface area contributed by atoms with Gasteiger partial charge in [0, 0.05) is 45.8 Å². The number of methoxy groups -OCH3 is 1. The number of carbonyl (C=O) groups is 1. The topological polar surface area (TPSA) is 44.8 Å². The van der Waals surface area contributed by atoms with Crippen molar-refractivity contribution in [2.75, 3.05) is 46.4 Å². The van der Waals surface area contributed by atoms with Crippen LogP contribution in [0, 0.1) is 11.7 Å². The fraction of sp³-hybridized carbons (Fsp3) is 0.562. The van der Waals surface area contributed by atoms with Gasteiger partial charge >= 0.3 is 0 Å². The van der Waals surface area contributed by atoms with Gasteiger partial charge in [-0.1, -0.05) is 6.07 Å². The van der Waals surface area contributed by atoms with Crippen molar-refractivity contribution in [1.29, 1.82) is 0 Å². The second-order valence-electron chi connectivity index (χ2n) is 5.93. The van der Waals surface area contributed by atoms with Crippen molar-refractivity contribution in [3.63, 3.8) is 0 Å². The highest BCUT2D eigenvalue weighted by Gasteiger charge is 2.30. The smallest absolute Gasteiger partial charge is 0.228 e. The molecule has 2 fully saturated rings. The molecule has 1 aromatic rings. The number of halogens is 2. The lowest BCUT2D eigenvalue weighted by atomic mass is 10.0. The lowest BCUT2D eigenvalue weighted by Gasteiger charge is -2.38. The molecule has 0 aliphatic carbocycles. The third kappa shape index (κ3) is 4.13. The molecule has 128 valence electrons. The summed E-state index contributed by atoms with van der Waals surface area (Å²) in [4.78, 5) is 16.4. The maximum atomic E-state index is 13.7. The van der Waals surface area contributed by atoms with Crippen molar-refractivity contribution in [1.82, 2.24) is 15.1 Å². The Balaban J connectivity index is 0.00000192. The number of amides is 1. The Morgan fingerprint density at radius 1 is 1.30 bits per heavy atom. The largest absolute Gasteiger partial charge is 0.494 e. The van der Waals surface area contributed by atoms with Crippen LogP contribution in [0.1, 0.15) is 5.56 Å². The molecule has 1 N–H and O–H groups in total. The molecule has 0 bridgehead atoms. The van der Waals surface area contributed by atoms with Gasteiger partial charge < -0.3 is 15.0 Å². The molecule has 2 saturated heterocycles. The number of hydrogen-bond acceptors (Lipinski definition) is 4. The van der Waals surface area contributed by atoms with Gasteiger partial charge in [0.25, 0.3) is 0 Å². The molecule has 0 radical (unpaired) electrons. The second-order valence-corrected chi connectivity index (χ2v) is 5.93. The van der Waals surface area contributed by atoms with Crippen LogP contribution in [0.3, 0.4) is 0 Å². The van der Waals surface area contributed by atoms with Crippen molar-refractivity contribution in [3.8, 4) is 5.75 Å². The number of nitrogens with zero attached hydrogens (tertiary/aromatic N) is 2. The van der Waals surface area contributed by atoms with Crippen LogP contribution in [0.2, 0.25) is 0 Å². The molecular weight excluding hydrogens is 321 g/mol. The van der Waals surface area contributed by atoms with Gasteiger partial charge in [0.05, 0.1) is 13.0 Å². The maximum absolute atomic E-state index is 13.7. The zero-order chi connectivity index (χ0) is 15.5. The zero-order valence-electron chi connectivity index (χ0n) is 13.3. The predicted octanol–water partition coefficient (Wildman–Crippen LogP) is 1.12. The molecule has 5 nitrogen and oxygen atoms in total.